The highest BCUT2D eigenvalue weighted by molar-refractivity contribution is 6.30. The van der Waals surface area contributed by atoms with E-state index in [1.54, 1.807) is 36.4 Å². The lowest BCUT2D eigenvalue weighted by Crippen LogP contribution is -2.41. The molecule has 1 aliphatic rings. The molecule has 5 nitrogen and oxygen atoms in total. The molecule has 1 saturated carbocycles. The molecule has 0 bridgehead atoms. The van der Waals surface area contributed by atoms with Crippen molar-refractivity contribution in [3.05, 3.63) is 59.4 Å². The van der Waals surface area contributed by atoms with Crippen LogP contribution in [0.5, 0.6) is 0 Å². The fraction of sp³-hybridized carbons (Fsp3) is 0.391. The van der Waals surface area contributed by atoms with Gasteiger partial charge in [0, 0.05) is 35.9 Å². The molecule has 160 valence electrons. The lowest BCUT2D eigenvalue weighted by Gasteiger charge is -2.23. The van der Waals surface area contributed by atoms with E-state index in [2.05, 4.69) is 10.6 Å². The molecular formula is C23H27ClFN3O2. The summed E-state index contributed by atoms with van der Waals surface area (Å²) < 4.78 is 13.3. The van der Waals surface area contributed by atoms with Crippen LogP contribution in [0.3, 0.4) is 0 Å². The number of hydrogen-bond acceptors (Lipinski definition) is 2. The van der Waals surface area contributed by atoms with Crippen LogP contribution in [-0.4, -0.2) is 25.0 Å². The quantitative estimate of drug-likeness (QED) is 0.571. The Labute approximate surface area is 181 Å². The average molecular weight is 432 g/mol. The van der Waals surface area contributed by atoms with Gasteiger partial charge in [0.05, 0.1) is 0 Å². The Balaban J connectivity index is 1.56. The smallest absolute Gasteiger partial charge is 0.326 e. The molecule has 0 saturated heterocycles. The Morgan fingerprint density at radius 3 is 2.37 bits per heavy atom. The summed E-state index contributed by atoms with van der Waals surface area (Å²) in [5.41, 5.74) is 1.14. The van der Waals surface area contributed by atoms with Crippen LogP contribution in [0.2, 0.25) is 5.02 Å². The van der Waals surface area contributed by atoms with Crippen LogP contribution in [0.25, 0.3) is 0 Å². The number of nitrogens with one attached hydrogen (secondary N) is 2. The number of carbonyl (C=O) groups excluding carboxylic acids is 2. The second kappa shape index (κ2) is 11.0. The van der Waals surface area contributed by atoms with Crippen LogP contribution in [0, 0.1) is 11.7 Å². The van der Waals surface area contributed by atoms with E-state index < -0.39 is 0 Å². The van der Waals surface area contributed by atoms with Crippen molar-refractivity contribution < 1.29 is 14.0 Å². The number of carbonyl (C=O) groups is 2. The zero-order valence-electron chi connectivity index (χ0n) is 16.9. The number of amides is 3. The molecule has 0 aliphatic heterocycles. The summed E-state index contributed by atoms with van der Waals surface area (Å²) in [5, 5.41) is 6.27. The van der Waals surface area contributed by atoms with E-state index in [0.717, 1.165) is 6.42 Å². The van der Waals surface area contributed by atoms with Crippen LogP contribution in [0.4, 0.5) is 20.6 Å². The summed E-state index contributed by atoms with van der Waals surface area (Å²) in [5.74, 6) is 0.285. The minimum absolute atomic E-state index is 0.000865. The number of anilines is 2. The van der Waals surface area contributed by atoms with Gasteiger partial charge in [0.2, 0.25) is 5.91 Å². The molecule has 30 heavy (non-hydrogen) atoms. The van der Waals surface area contributed by atoms with E-state index in [9.17, 15) is 14.0 Å². The normalized spacial score (nSPS) is 13.8. The fourth-order valence-electron chi connectivity index (χ4n) is 3.72. The molecule has 2 N–H and O–H groups in total. The van der Waals surface area contributed by atoms with E-state index in [1.807, 2.05) is 0 Å². The zero-order valence-corrected chi connectivity index (χ0v) is 17.6. The summed E-state index contributed by atoms with van der Waals surface area (Å²) in [6, 6.07) is 12.1. The van der Waals surface area contributed by atoms with Gasteiger partial charge >= 0.3 is 6.03 Å². The van der Waals surface area contributed by atoms with Crippen molar-refractivity contribution in [3.63, 3.8) is 0 Å². The number of hydrogen-bond donors (Lipinski definition) is 2. The Morgan fingerprint density at radius 2 is 1.70 bits per heavy atom. The van der Waals surface area contributed by atoms with E-state index in [1.165, 1.54) is 42.7 Å². The summed E-state index contributed by atoms with van der Waals surface area (Å²) in [4.78, 5) is 26.5. The SMILES string of the molecule is O=C(CCC1CCCC1)NCCN(C(=O)Nc1ccc(Cl)cc1)c1ccc(F)cc1. The minimum Gasteiger partial charge on any atom is -0.354 e. The van der Waals surface area contributed by atoms with Gasteiger partial charge in [-0.2, -0.15) is 0 Å². The van der Waals surface area contributed by atoms with Crippen LogP contribution in [0.15, 0.2) is 48.5 Å². The third-order valence-electron chi connectivity index (χ3n) is 5.39. The fourth-order valence-corrected chi connectivity index (χ4v) is 3.85. The predicted molar refractivity (Wildman–Crippen MR) is 118 cm³/mol. The zero-order chi connectivity index (χ0) is 21.3. The van der Waals surface area contributed by atoms with Gasteiger partial charge in [-0.25, -0.2) is 9.18 Å². The topological polar surface area (TPSA) is 61.4 Å². The first-order valence-electron chi connectivity index (χ1n) is 10.4. The first-order chi connectivity index (χ1) is 14.5. The van der Waals surface area contributed by atoms with Crippen molar-refractivity contribution >= 4 is 34.9 Å². The lowest BCUT2D eigenvalue weighted by molar-refractivity contribution is -0.121. The van der Waals surface area contributed by atoms with Crippen molar-refractivity contribution in [2.24, 2.45) is 5.92 Å². The van der Waals surface area contributed by atoms with Gasteiger partial charge in [-0.3, -0.25) is 9.69 Å². The number of urea groups is 1. The summed E-state index contributed by atoms with van der Waals surface area (Å²) in [7, 11) is 0. The maximum Gasteiger partial charge on any atom is 0.326 e. The molecule has 1 fully saturated rings. The third kappa shape index (κ3) is 6.73. The highest BCUT2D eigenvalue weighted by Gasteiger charge is 2.18. The maximum atomic E-state index is 13.3. The highest BCUT2D eigenvalue weighted by atomic mass is 35.5. The number of rotatable bonds is 8. The van der Waals surface area contributed by atoms with E-state index >= 15 is 0 Å². The van der Waals surface area contributed by atoms with Crippen molar-refractivity contribution in [2.75, 3.05) is 23.3 Å². The largest absolute Gasteiger partial charge is 0.354 e. The Bertz CT molecular complexity index is 837. The molecule has 3 rings (SSSR count). The standard InChI is InChI=1S/C23H27ClFN3O2/c24-18-6-10-20(11-7-18)27-23(30)28(21-12-8-19(25)9-13-21)16-15-26-22(29)14-5-17-3-1-2-4-17/h6-13,17H,1-5,14-16H2,(H,26,29)(H,27,30). The Kier molecular flexibility index (Phi) is 8.08. The van der Waals surface area contributed by atoms with Gasteiger partial charge in [-0.1, -0.05) is 37.3 Å². The number of halogens is 2. The molecule has 7 heteroatoms. The molecule has 3 amide bonds. The second-order valence-corrected chi connectivity index (χ2v) is 8.04. The molecule has 2 aromatic carbocycles. The van der Waals surface area contributed by atoms with E-state index in [-0.39, 0.29) is 24.3 Å². The van der Waals surface area contributed by atoms with Crippen LogP contribution in [-0.2, 0) is 4.79 Å². The summed E-state index contributed by atoms with van der Waals surface area (Å²) in [6.45, 7) is 0.579. The molecule has 0 unspecified atom stereocenters. The molecule has 0 aromatic heterocycles. The van der Waals surface area contributed by atoms with E-state index in [0.29, 0.717) is 35.3 Å². The third-order valence-corrected chi connectivity index (χ3v) is 5.64. The van der Waals surface area contributed by atoms with Crippen molar-refractivity contribution in [3.8, 4) is 0 Å². The average Bonchev–Trinajstić information content (AvgIpc) is 3.26. The predicted octanol–water partition coefficient (Wildman–Crippen LogP) is 5.60. The van der Waals surface area contributed by atoms with Crippen LogP contribution in [0.1, 0.15) is 38.5 Å². The number of benzene rings is 2. The summed E-state index contributed by atoms with van der Waals surface area (Å²) >= 11 is 5.89. The van der Waals surface area contributed by atoms with E-state index in [4.69, 9.17) is 11.6 Å². The molecule has 0 spiro atoms. The molecule has 1 aliphatic carbocycles. The van der Waals surface area contributed by atoms with Gasteiger partial charge < -0.3 is 10.6 Å². The van der Waals surface area contributed by atoms with Gasteiger partial charge in [0.15, 0.2) is 0 Å². The van der Waals surface area contributed by atoms with Crippen molar-refractivity contribution in [2.45, 2.75) is 38.5 Å². The van der Waals surface area contributed by atoms with Crippen molar-refractivity contribution in [1.29, 1.82) is 0 Å². The first-order valence-corrected chi connectivity index (χ1v) is 10.8. The van der Waals surface area contributed by atoms with Crippen LogP contribution >= 0.6 is 11.6 Å². The lowest BCUT2D eigenvalue weighted by atomic mass is 10.0. The van der Waals surface area contributed by atoms with Crippen LogP contribution < -0.4 is 15.5 Å². The molecule has 0 atom stereocenters. The van der Waals surface area contributed by atoms with Gasteiger partial charge in [-0.15, -0.1) is 0 Å². The maximum absolute atomic E-state index is 13.3. The second-order valence-electron chi connectivity index (χ2n) is 7.60. The molecule has 2 aromatic rings. The molecule has 0 heterocycles. The Hall–Kier alpha value is -2.60. The first kappa shape index (κ1) is 22.1. The van der Waals surface area contributed by atoms with Gasteiger partial charge in [0.1, 0.15) is 5.82 Å². The highest BCUT2D eigenvalue weighted by Crippen LogP contribution is 2.28. The van der Waals surface area contributed by atoms with Gasteiger partial charge in [0.25, 0.3) is 0 Å². The van der Waals surface area contributed by atoms with Crippen molar-refractivity contribution in [1.82, 2.24) is 5.32 Å². The molecular weight excluding hydrogens is 405 g/mol. The minimum atomic E-state index is -0.378. The Morgan fingerprint density at radius 1 is 1.03 bits per heavy atom. The van der Waals surface area contributed by atoms with Gasteiger partial charge in [-0.05, 0) is 60.9 Å². The summed E-state index contributed by atoms with van der Waals surface area (Å²) in [6.07, 6.45) is 6.40. The molecule has 0 radical (unpaired) electrons. The monoisotopic (exact) mass is 431 g/mol. The number of nitrogens with zero attached hydrogens (tertiary/aromatic N) is 1.